The molecule has 1 aliphatic rings. The van der Waals surface area contributed by atoms with Crippen molar-refractivity contribution in [1.82, 2.24) is 4.98 Å². The molecule has 1 aliphatic heterocycles. The number of alkyl halides is 1. The van der Waals surface area contributed by atoms with E-state index in [2.05, 4.69) is 23.0 Å². The Morgan fingerprint density at radius 2 is 2.28 bits per heavy atom. The minimum atomic E-state index is 0.338. The molecule has 1 aromatic heterocycles. The number of nitrogens with zero attached hydrogens (tertiary/aromatic N) is 2. The van der Waals surface area contributed by atoms with Crippen molar-refractivity contribution >= 4 is 17.4 Å². The van der Waals surface area contributed by atoms with Crippen LogP contribution in [0.25, 0.3) is 0 Å². The number of hydrogen-bond donors (Lipinski definition) is 0. The third kappa shape index (κ3) is 3.59. The second kappa shape index (κ2) is 6.39. The van der Waals surface area contributed by atoms with E-state index in [0.29, 0.717) is 12.0 Å². The molecular formula is C14H21ClN2O. The molecule has 0 aliphatic carbocycles. The highest BCUT2D eigenvalue weighted by Gasteiger charge is 2.17. The van der Waals surface area contributed by atoms with Gasteiger partial charge in [0.2, 0.25) is 0 Å². The van der Waals surface area contributed by atoms with Crippen molar-refractivity contribution in [3.63, 3.8) is 0 Å². The Labute approximate surface area is 114 Å². The van der Waals surface area contributed by atoms with E-state index >= 15 is 0 Å². The number of hydrogen-bond acceptors (Lipinski definition) is 3. The van der Waals surface area contributed by atoms with Crippen molar-refractivity contribution in [1.29, 1.82) is 0 Å². The lowest BCUT2D eigenvalue weighted by Crippen LogP contribution is -2.33. The van der Waals surface area contributed by atoms with Crippen molar-refractivity contribution in [3.8, 4) is 0 Å². The fourth-order valence-electron chi connectivity index (χ4n) is 2.34. The van der Waals surface area contributed by atoms with Crippen molar-refractivity contribution < 1.29 is 4.74 Å². The van der Waals surface area contributed by atoms with E-state index in [-0.39, 0.29) is 0 Å². The summed E-state index contributed by atoms with van der Waals surface area (Å²) >= 11 is 5.90. The van der Waals surface area contributed by atoms with Crippen LogP contribution in [-0.4, -0.2) is 31.3 Å². The molecular weight excluding hydrogens is 248 g/mol. The summed E-state index contributed by atoms with van der Waals surface area (Å²) in [6.45, 7) is 3.80. The van der Waals surface area contributed by atoms with E-state index in [1.54, 1.807) is 0 Å². The lowest BCUT2D eigenvalue weighted by atomic mass is 10.1. The molecule has 1 fully saturated rings. The van der Waals surface area contributed by atoms with E-state index in [1.165, 1.54) is 12.8 Å². The molecule has 2 rings (SSSR count). The van der Waals surface area contributed by atoms with Crippen LogP contribution in [0.5, 0.6) is 0 Å². The molecule has 2 heterocycles. The average Bonchev–Trinajstić information content (AvgIpc) is 2.39. The molecule has 0 bridgehead atoms. The molecule has 3 nitrogen and oxygen atoms in total. The summed E-state index contributed by atoms with van der Waals surface area (Å²) in [7, 11) is 2.07. The smallest absolute Gasteiger partial charge is 0.128 e. The van der Waals surface area contributed by atoms with E-state index in [9.17, 15) is 0 Å². The first-order valence-electron chi connectivity index (χ1n) is 6.55. The van der Waals surface area contributed by atoms with E-state index in [0.717, 1.165) is 36.6 Å². The van der Waals surface area contributed by atoms with Crippen molar-refractivity contribution in [2.24, 2.45) is 0 Å². The van der Waals surface area contributed by atoms with Crippen LogP contribution in [0.4, 0.5) is 5.82 Å². The summed E-state index contributed by atoms with van der Waals surface area (Å²) in [6, 6.07) is 4.09. The van der Waals surface area contributed by atoms with Crippen molar-refractivity contribution in [2.75, 3.05) is 25.1 Å². The van der Waals surface area contributed by atoms with Crippen molar-refractivity contribution in [2.45, 2.75) is 38.2 Å². The molecule has 1 aromatic rings. The van der Waals surface area contributed by atoms with Crippen LogP contribution in [-0.2, 0) is 10.6 Å². The zero-order chi connectivity index (χ0) is 13.0. The van der Waals surface area contributed by atoms with Gasteiger partial charge in [-0.3, -0.25) is 0 Å². The highest BCUT2D eigenvalue weighted by molar-refractivity contribution is 6.17. The Hall–Kier alpha value is -0.800. The Balaban J connectivity index is 2.02. The predicted molar refractivity (Wildman–Crippen MR) is 75.4 cm³/mol. The highest BCUT2D eigenvalue weighted by Crippen LogP contribution is 2.19. The maximum atomic E-state index is 5.90. The van der Waals surface area contributed by atoms with Crippen LogP contribution in [0.3, 0.4) is 0 Å². The molecule has 0 spiro atoms. The maximum Gasteiger partial charge on any atom is 0.128 e. The molecule has 1 saturated heterocycles. The van der Waals surface area contributed by atoms with Gasteiger partial charge >= 0.3 is 0 Å². The lowest BCUT2D eigenvalue weighted by molar-refractivity contribution is 0.0215. The highest BCUT2D eigenvalue weighted by atomic mass is 35.5. The monoisotopic (exact) mass is 268 g/mol. The zero-order valence-electron chi connectivity index (χ0n) is 11.2. The SMILES string of the molecule is Cc1cc(CCl)cc(N(C)CC2CCCCO2)n1. The minimum absolute atomic E-state index is 0.338. The Morgan fingerprint density at radius 3 is 2.94 bits per heavy atom. The Bertz CT molecular complexity index is 391. The Morgan fingerprint density at radius 1 is 1.44 bits per heavy atom. The minimum Gasteiger partial charge on any atom is -0.376 e. The molecule has 18 heavy (non-hydrogen) atoms. The Kier molecular flexibility index (Phi) is 4.84. The number of aromatic nitrogens is 1. The number of anilines is 1. The van der Waals surface area contributed by atoms with Gasteiger partial charge in [0.15, 0.2) is 0 Å². The van der Waals surface area contributed by atoms with Gasteiger partial charge in [0.1, 0.15) is 5.82 Å². The molecule has 0 saturated carbocycles. The molecule has 1 atom stereocenters. The zero-order valence-corrected chi connectivity index (χ0v) is 11.9. The topological polar surface area (TPSA) is 25.4 Å². The summed E-state index contributed by atoms with van der Waals surface area (Å²) in [5.74, 6) is 1.52. The van der Waals surface area contributed by atoms with Gasteiger partial charge in [0.25, 0.3) is 0 Å². The first-order chi connectivity index (χ1) is 8.69. The number of rotatable bonds is 4. The van der Waals surface area contributed by atoms with Gasteiger partial charge in [-0.15, -0.1) is 11.6 Å². The van der Waals surface area contributed by atoms with Crippen LogP contribution in [0.15, 0.2) is 12.1 Å². The first-order valence-corrected chi connectivity index (χ1v) is 7.09. The number of aryl methyl sites for hydroxylation is 1. The third-order valence-corrected chi connectivity index (χ3v) is 3.61. The van der Waals surface area contributed by atoms with E-state index in [4.69, 9.17) is 16.3 Å². The second-order valence-electron chi connectivity index (χ2n) is 4.98. The lowest BCUT2D eigenvalue weighted by Gasteiger charge is -2.28. The average molecular weight is 269 g/mol. The number of pyridine rings is 1. The number of likely N-dealkylation sites (N-methyl/N-ethyl adjacent to an activating group) is 1. The fourth-order valence-corrected chi connectivity index (χ4v) is 2.50. The van der Waals surface area contributed by atoms with Crippen LogP contribution in [0, 0.1) is 6.92 Å². The molecule has 4 heteroatoms. The van der Waals surface area contributed by atoms with Crippen molar-refractivity contribution in [3.05, 3.63) is 23.4 Å². The summed E-state index contributed by atoms with van der Waals surface area (Å²) in [5, 5.41) is 0. The van der Waals surface area contributed by atoms with Gasteiger partial charge in [-0.25, -0.2) is 4.98 Å². The van der Waals surface area contributed by atoms with Gasteiger partial charge < -0.3 is 9.64 Å². The molecule has 1 unspecified atom stereocenters. The quantitative estimate of drug-likeness (QED) is 0.785. The fraction of sp³-hybridized carbons (Fsp3) is 0.643. The maximum absolute atomic E-state index is 5.90. The second-order valence-corrected chi connectivity index (χ2v) is 5.24. The van der Waals surface area contributed by atoms with Gasteiger partial charge in [-0.2, -0.15) is 0 Å². The molecule has 100 valence electrons. The predicted octanol–water partition coefficient (Wildman–Crippen LogP) is 3.13. The first kappa shape index (κ1) is 13.6. The molecule has 0 amide bonds. The molecule has 0 aromatic carbocycles. The summed E-state index contributed by atoms with van der Waals surface area (Å²) in [5.41, 5.74) is 2.13. The van der Waals surface area contributed by atoms with Crippen LogP contribution < -0.4 is 4.90 Å². The van der Waals surface area contributed by atoms with Gasteiger partial charge in [-0.05, 0) is 43.9 Å². The summed E-state index contributed by atoms with van der Waals surface area (Å²) < 4.78 is 5.76. The van der Waals surface area contributed by atoms with Gasteiger partial charge in [-0.1, -0.05) is 0 Å². The van der Waals surface area contributed by atoms with Gasteiger partial charge in [0.05, 0.1) is 6.10 Å². The third-order valence-electron chi connectivity index (χ3n) is 3.30. The largest absolute Gasteiger partial charge is 0.376 e. The van der Waals surface area contributed by atoms with Gasteiger partial charge in [0, 0.05) is 31.8 Å². The summed E-state index contributed by atoms with van der Waals surface area (Å²) in [6.07, 6.45) is 3.95. The van der Waals surface area contributed by atoms with E-state index in [1.807, 2.05) is 13.0 Å². The van der Waals surface area contributed by atoms with Crippen LogP contribution in [0.1, 0.15) is 30.5 Å². The normalized spacial score (nSPS) is 19.8. The molecule has 0 N–H and O–H groups in total. The standard InChI is InChI=1S/C14H21ClN2O/c1-11-7-12(9-15)8-14(16-11)17(2)10-13-5-3-4-6-18-13/h7-8,13H,3-6,9-10H2,1-2H3. The number of halogens is 1. The van der Waals surface area contributed by atoms with Crippen LogP contribution >= 0.6 is 11.6 Å². The summed E-state index contributed by atoms with van der Waals surface area (Å²) in [4.78, 5) is 6.72. The van der Waals surface area contributed by atoms with Crippen LogP contribution in [0.2, 0.25) is 0 Å². The number of ether oxygens (including phenoxy) is 1. The molecule has 0 radical (unpaired) electrons. The van der Waals surface area contributed by atoms with E-state index < -0.39 is 0 Å².